The van der Waals surface area contributed by atoms with Crippen LogP contribution in [-0.4, -0.2) is 67.9 Å². The Bertz CT molecular complexity index is 599. The fourth-order valence-electron chi connectivity index (χ4n) is 4.83. The van der Waals surface area contributed by atoms with Crippen molar-refractivity contribution in [3.63, 3.8) is 0 Å². The molecule has 1 aromatic carbocycles. The quantitative estimate of drug-likeness (QED) is 0.822. The van der Waals surface area contributed by atoms with Crippen LogP contribution in [0, 0.1) is 11.8 Å². The number of carbonyl (C=O) groups excluding carboxylic acids is 1. The molecule has 4 nitrogen and oxygen atoms in total. The first kappa shape index (κ1) is 18.4. The largest absolute Gasteiger partial charge is 0.339 e. The minimum absolute atomic E-state index is 0.176. The minimum Gasteiger partial charge on any atom is -0.339 e. The molecular formula is C21H33N3O. The molecule has 4 atom stereocenters. The summed E-state index contributed by atoms with van der Waals surface area (Å²) in [5, 5.41) is 0. The molecule has 0 radical (unpaired) electrons. The number of fused-ring (bicyclic) bond motifs is 1. The molecule has 0 aromatic heterocycles. The van der Waals surface area contributed by atoms with Crippen LogP contribution in [0.2, 0.25) is 0 Å². The van der Waals surface area contributed by atoms with E-state index in [0.29, 0.717) is 6.04 Å². The number of hydrogen-bond acceptors (Lipinski definition) is 3. The molecule has 0 heterocycles. The zero-order chi connectivity index (χ0) is 18.1. The van der Waals surface area contributed by atoms with E-state index >= 15 is 0 Å². The maximum atomic E-state index is 13.0. The van der Waals surface area contributed by atoms with E-state index in [1.165, 1.54) is 31.2 Å². The number of nitrogens with zero attached hydrogens (tertiary/aromatic N) is 3. The molecule has 2 aliphatic rings. The third-order valence-electron chi connectivity index (χ3n) is 6.24. The van der Waals surface area contributed by atoms with Crippen molar-refractivity contribution in [2.45, 2.75) is 44.3 Å². The first-order valence-corrected chi connectivity index (χ1v) is 9.52. The predicted molar refractivity (Wildman–Crippen MR) is 103 cm³/mol. The maximum Gasteiger partial charge on any atom is 0.253 e. The van der Waals surface area contributed by atoms with E-state index in [-0.39, 0.29) is 5.91 Å². The standard InChI is InChI=1S/C21H33N3O/c1-22(2)14-15-7-6-8-16(9-15)21(25)24(5)20-12-17-10-19(23(3)4)11-18(17)13-20/h6-9,17-20H,10-14H2,1-5H3/t17-,18+,19?,20?. The number of rotatable bonds is 5. The van der Waals surface area contributed by atoms with Crippen molar-refractivity contribution in [1.82, 2.24) is 14.7 Å². The summed E-state index contributed by atoms with van der Waals surface area (Å²) in [7, 11) is 10.5. The number of carbonyl (C=O) groups is 1. The Morgan fingerprint density at radius 3 is 2.12 bits per heavy atom. The van der Waals surface area contributed by atoms with E-state index in [4.69, 9.17) is 0 Å². The van der Waals surface area contributed by atoms with Crippen LogP contribution in [0.5, 0.6) is 0 Å². The molecule has 4 heteroatoms. The van der Waals surface area contributed by atoms with Crippen molar-refractivity contribution < 1.29 is 4.79 Å². The molecule has 1 aromatic rings. The molecule has 0 bridgehead atoms. The first-order chi connectivity index (χ1) is 11.8. The smallest absolute Gasteiger partial charge is 0.253 e. The molecule has 0 aliphatic heterocycles. The van der Waals surface area contributed by atoms with Gasteiger partial charge in [-0.25, -0.2) is 0 Å². The van der Waals surface area contributed by atoms with Crippen molar-refractivity contribution in [2.75, 3.05) is 35.2 Å². The van der Waals surface area contributed by atoms with Gasteiger partial charge in [-0.1, -0.05) is 12.1 Å². The van der Waals surface area contributed by atoms with E-state index in [2.05, 4.69) is 50.1 Å². The summed E-state index contributed by atoms with van der Waals surface area (Å²) >= 11 is 0. The Morgan fingerprint density at radius 2 is 1.56 bits per heavy atom. The Morgan fingerprint density at radius 1 is 0.960 bits per heavy atom. The summed E-state index contributed by atoms with van der Waals surface area (Å²) in [4.78, 5) is 19.5. The molecule has 2 unspecified atom stereocenters. The fourth-order valence-corrected chi connectivity index (χ4v) is 4.83. The third-order valence-corrected chi connectivity index (χ3v) is 6.24. The Hall–Kier alpha value is -1.39. The topological polar surface area (TPSA) is 26.8 Å². The summed E-state index contributed by atoms with van der Waals surface area (Å²) in [5.74, 6) is 1.77. The monoisotopic (exact) mass is 343 g/mol. The average Bonchev–Trinajstić information content (AvgIpc) is 3.12. The van der Waals surface area contributed by atoms with Crippen molar-refractivity contribution in [3.8, 4) is 0 Å². The molecule has 1 amide bonds. The second-order valence-electron chi connectivity index (χ2n) is 8.59. The summed E-state index contributed by atoms with van der Waals surface area (Å²) in [6.07, 6.45) is 4.95. The van der Waals surface area contributed by atoms with Crippen molar-refractivity contribution in [3.05, 3.63) is 35.4 Å². The van der Waals surface area contributed by atoms with E-state index < -0.39 is 0 Å². The van der Waals surface area contributed by atoms with Crippen LogP contribution in [0.1, 0.15) is 41.6 Å². The summed E-state index contributed by atoms with van der Waals surface area (Å²) in [6.45, 7) is 0.865. The Kier molecular flexibility index (Phi) is 5.49. The summed E-state index contributed by atoms with van der Waals surface area (Å²) in [5.41, 5.74) is 2.02. The molecule has 25 heavy (non-hydrogen) atoms. The first-order valence-electron chi connectivity index (χ1n) is 9.52. The van der Waals surface area contributed by atoms with Gasteiger partial charge in [0, 0.05) is 31.2 Å². The average molecular weight is 344 g/mol. The van der Waals surface area contributed by atoms with Crippen LogP contribution in [0.3, 0.4) is 0 Å². The van der Waals surface area contributed by atoms with Crippen LogP contribution >= 0.6 is 0 Å². The van der Waals surface area contributed by atoms with Gasteiger partial charge in [-0.3, -0.25) is 4.79 Å². The van der Waals surface area contributed by atoms with Gasteiger partial charge in [-0.05, 0) is 83.4 Å². The zero-order valence-electron chi connectivity index (χ0n) is 16.4. The lowest BCUT2D eigenvalue weighted by Gasteiger charge is -2.27. The molecule has 2 fully saturated rings. The van der Waals surface area contributed by atoms with Crippen molar-refractivity contribution in [2.24, 2.45) is 11.8 Å². The normalized spacial score (nSPS) is 28.6. The van der Waals surface area contributed by atoms with E-state index in [9.17, 15) is 4.79 Å². The van der Waals surface area contributed by atoms with Gasteiger partial charge in [0.1, 0.15) is 0 Å². The van der Waals surface area contributed by atoms with Gasteiger partial charge >= 0.3 is 0 Å². The van der Waals surface area contributed by atoms with Crippen molar-refractivity contribution in [1.29, 1.82) is 0 Å². The van der Waals surface area contributed by atoms with Gasteiger partial charge in [0.25, 0.3) is 5.91 Å². The van der Waals surface area contributed by atoms with Gasteiger partial charge in [0.05, 0.1) is 0 Å². The number of hydrogen-bond donors (Lipinski definition) is 0. The Labute approximate surface area is 152 Å². The summed E-state index contributed by atoms with van der Waals surface area (Å²) in [6, 6.07) is 9.25. The second kappa shape index (κ2) is 7.46. The van der Waals surface area contributed by atoms with Crippen LogP contribution in [-0.2, 0) is 6.54 Å². The predicted octanol–water partition coefficient (Wildman–Crippen LogP) is 2.94. The highest BCUT2D eigenvalue weighted by Crippen LogP contribution is 2.46. The molecule has 0 saturated heterocycles. The molecule has 3 rings (SSSR count). The summed E-state index contributed by atoms with van der Waals surface area (Å²) < 4.78 is 0. The van der Waals surface area contributed by atoms with Gasteiger partial charge in [0.15, 0.2) is 0 Å². The third kappa shape index (κ3) is 4.06. The second-order valence-corrected chi connectivity index (χ2v) is 8.59. The molecule has 2 saturated carbocycles. The lowest BCUT2D eigenvalue weighted by atomic mass is 10.0. The molecule has 138 valence electrons. The molecular weight excluding hydrogens is 310 g/mol. The van der Waals surface area contributed by atoms with Gasteiger partial charge in [-0.15, -0.1) is 0 Å². The molecule has 2 aliphatic carbocycles. The minimum atomic E-state index is 0.176. The van der Waals surface area contributed by atoms with E-state index in [1.807, 2.05) is 24.1 Å². The van der Waals surface area contributed by atoms with Gasteiger partial charge in [-0.2, -0.15) is 0 Å². The molecule has 0 spiro atoms. The fraction of sp³-hybridized carbons (Fsp3) is 0.667. The van der Waals surface area contributed by atoms with Crippen LogP contribution in [0.15, 0.2) is 24.3 Å². The molecule has 0 N–H and O–H groups in total. The van der Waals surface area contributed by atoms with Crippen LogP contribution in [0.4, 0.5) is 0 Å². The van der Waals surface area contributed by atoms with Crippen LogP contribution < -0.4 is 0 Å². The highest BCUT2D eigenvalue weighted by molar-refractivity contribution is 5.94. The SMILES string of the molecule is CN(C)Cc1cccc(C(=O)N(C)C2C[C@H]3CC(N(C)C)C[C@H]3C2)c1. The van der Waals surface area contributed by atoms with Gasteiger partial charge < -0.3 is 14.7 Å². The van der Waals surface area contributed by atoms with Gasteiger partial charge in [0.2, 0.25) is 0 Å². The highest BCUT2D eigenvalue weighted by Gasteiger charge is 2.44. The van der Waals surface area contributed by atoms with E-state index in [0.717, 1.165) is 30.0 Å². The number of benzene rings is 1. The zero-order valence-corrected chi connectivity index (χ0v) is 16.4. The highest BCUT2D eigenvalue weighted by atomic mass is 16.2. The Balaban J connectivity index is 1.63. The van der Waals surface area contributed by atoms with Crippen LogP contribution in [0.25, 0.3) is 0 Å². The number of amides is 1. The van der Waals surface area contributed by atoms with Crippen molar-refractivity contribution >= 4 is 5.91 Å². The lowest BCUT2D eigenvalue weighted by molar-refractivity contribution is 0.0726. The lowest BCUT2D eigenvalue weighted by Crippen LogP contribution is -2.36. The van der Waals surface area contributed by atoms with E-state index in [1.54, 1.807) is 0 Å². The maximum absolute atomic E-state index is 13.0.